The third kappa shape index (κ3) is 7.40. The monoisotopic (exact) mass is 605 g/mol. The molecule has 0 spiro atoms. The van der Waals surface area contributed by atoms with Gasteiger partial charge in [0.15, 0.2) is 23.6 Å². The maximum absolute atomic E-state index is 13.1. The maximum atomic E-state index is 13.1. The Kier molecular flexibility index (Phi) is 8.34. The summed E-state index contributed by atoms with van der Waals surface area (Å²) >= 11 is 5.87. The Morgan fingerprint density at radius 3 is 2.41 bits per heavy atom. The van der Waals surface area contributed by atoms with Crippen molar-refractivity contribution in [1.29, 1.82) is 0 Å². The van der Waals surface area contributed by atoms with Gasteiger partial charge in [-0.2, -0.15) is 26.3 Å². The van der Waals surface area contributed by atoms with Crippen molar-refractivity contribution in [3.8, 4) is 17.2 Å². The minimum absolute atomic E-state index is 0.0313. The smallest absolute Gasteiger partial charge is 0.382 e. The van der Waals surface area contributed by atoms with Crippen LogP contribution in [0.1, 0.15) is 5.82 Å². The van der Waals surface area contributed by atoms with E-state index >= 15 is 0 Å². The van der Waals surface area contributed by atoms with Gasteiger partial charge in [-0.15, -0.1) is 10.2 Å². The molecule has 4 rings (SSSR count). The fourth-order valence-electron chi connectivity index (χ4n) is 3.43. The number of aliphatic hydroxyl groups excluding tert-OH is 1. The molecular formula is C22H18ClF6N9O3. The van der Waals surface area contributed by atoms with Gasteiger partial charge in [0.2, 0.25) is 0 Å². The van der Waals surface area contributed by atoms with Gasteiger partial charge in [0.1, 0.15) is 19.4 Å². The fraction of sp³-hybridized carbons (Fsp3) is 0.273. The molecular weight excluding hydrogens is 588 g/mol. The van der Waals surface area contributed by atoms with Crippen molar-refractivity contribution in [2.24, 2.45) is 0 Å². The minimum Gasteiger partial charge on any atom is -0.382 e. The number of carbonyl (C=O) groups excluding carboxylic acids is 1. The number of pyridine rings is 1. The second-order valence-corrected chi connectivity index (χ2v) is 8.78. The van der Waals surface area contributed by atoms with Gasteiger partial charge in [0, 0.05) is 16.8 Å². The van der Waals surface area contributed by atoms with Gasteiger partial charge in [-0.1, -0.05) is 11.6 Å². The summed E-state index contributed by atoms with van der Waals surface area (Å²) in [4.78, 5) is 33.0. The third-order valence-corrected chi connectivity index (χ3v) is 5.54. The van der Waals surface area contributed by atoms with Gasteiger partial charge >= 0.3 is 24.1 Å². The van der Waals surface area contributed by atoms with E-state index in [0.29, 0.717) is 9.59 Å². The fourth-order valence-corrected chi connectivity index (χ4v) is 3.55. The van der Waals surface area contributed by atoms with E-state index in [-0.39, 0.29) is 28.7 Å². The number of alkyl halides is 6. The molecule has 1 atom stereocenters. The molecule has 41 heavy (non-hydrogen) atoms. The second kappa shape index (κ2) is 11.6. The Balaban J connectivity index is 1.61. The molecule has 0 unspecified atom stereocenters. The van der Waals surface area contributed by atoms with Gasteiger partial charge in [0.25, 0.3) is 0 Å². The number of benzene rings is 1. The number of nitrogens with one attached hydrogen (secondary N) is 2. The molecule has 19 heteroatoms. The van der Waals surface area contributed by atoms with Crippen LogP contribution in [0, 0.1) is 0 Å². The Hall–Kier alpha value is -4.45. The van der Waals surface area contributed by atoms with E-state index < -0.39 is 49.8 Å². The summed E-state index contributed by atoms with van der Waals surface area (Å²) in [5, 5.41) is 22.0. The molecule has 0 saturated heterocycles. The van der Waals surface area contributed by atoms with Crippen LogP contribution in [0.3, 0.4) is 0 Å². The Labute approximate surface area is 230 Å². The molecule has 0 radical (unpaired) electrons. The predicted molar refractivity (Wildman–Crippen MR) is 130 cm³/mol. The van der Waals surface area contributed by atoms with E-state index in [2.05, 4.69) is 25.5 Å². The molecule has 4 aromatic rings. The van der Waals surface area contributed by atoms with Crippen molar-refractivity contribution in [2.45, 2.75) is 31.5 Å². The molecule has 0 aliphatic carbocycles. The second-order valence-electron chi connectivity index (χ2n) is 8.34. The number of hydrogen-bond acceptors (Lipinski definition) is 7. The summed E-state index contributed by atoms with van der Waals surface area (Å²) in [6.07, 6.45) is -10.0. The van der Waals surface area contributed by atoms with Gasteiger partial charge in [-0.3, -0.25) is 4.57 Å². The SMILES string of the molecule is O=C(NCC(F)(F)F)Nc1cccnc1-n1cnc(Cn2nc(-c3ccc(Cl)cc3)n(C[C@H](O)C(F)(F)F)c2=O)n1. The summed E-state index contributed by atoms with van der Waals surface area (Å²) in [5.41, 5.74) is -0.793. The molecule has 0 aliphatic rings. The van der Waals surface area contributed by atoms with Crippen molar-refractivity contribution in [2.75, 3.05) is 11.9 Å². The molecule has 12 nitrogen and oxygen atoms in total. The van der Waals surface area contributed by atoms with Crippen LogP contribution >= 0.6 is 11.6 Å². The van der Waals surface area contributed by atoms with Crippen LogP contribution in [0.5, 0.6) is 0 Å². The number of nitrogens with zero attached hydrogens (tertiary/aromatic N) is 7. The number of hydrogen-bond donors (Lipinski definition) is 3. The first kappa shape index (κ1) is 29.5. The summed E-state index contributed by atoms with van der Waals surface area (Å²) in [7, 11) is 0. The molecule has 2 amide bonds. The third-order valence-electron chi connectivity index (χ3n) is 5.29. The van der Waals surface area contributed by atoms with Crippen LogP contribution in [0.15, 0.2) is 53.7 Å². The molecule has 0 bridgehead atoms. The average Bonchev–Trinajstić information content (AvgIpc) is 3.48. The first-order chi connectivity index (χ1) is 19.2. The van der Waals surface area contributed by atoms with Crippen LogP contribution in [-0.4, -0.2) is 70.2 Å². The molecule has 1 aromatic carbocycles. The van der Waals surface area contributed by atoms with E-state index in [1.807, 2.05) is 0 Å². The molecule has 3 aromatic heterocycles. The lowest BCUT2D eigenvalue weighted by Gasteiger charge is -2.15. The van der Waals surface area contributed by atoms with Crippen LogP contribution in [-0.2, 0) is 13.1 Å². The zero-order valence-corrected chi connectivity index (χ0v) is 21.1. The Morgan fingerprint density at radius 1 is 1.05 bits per heavy atom. The average molecular weight is 606 g/mol. The maximum Gasteiger partial charge on any atom is 0.416 e. The summed E-state index contributed by atoms with van der Waals surface area (Å²) < 4.78 is 78.8. The number of halogens is 7. The zero-order valence-electron chi connectivity index (χ0n) is 20.4. The summed E-state index contributed by atoms with van der Waals surface area (Å²) in [6, 6.07) is 7.32. The molecule has 218 valence electrons. The number of carbonyl (C=O) groups is 1. The molecule has 3 heterocycles. The van der Waals surface area contributed by atoms with Crippen molar-refractivity contribution >= 4 is 23.3 Å². The topological polar surface area (TPSA) is 145 Å². The Morgan fingerprint density at radius 2 is 1.76 bits per heavy atom. The van der Waals surface area contributed by atoms with Crippen molar-refractivity contribution in [3.63, 3.8) is 0 Å². The van der Waals surface area contributed by atoms with Crippen LogP contribution < -0.4 is 16.3 Å². The van der Waals surface area contributed by atoms with Crippen molar-refractivity contribution in [3.05, 3.63) is 70.3 Å². The van der Waals surface area contributed by atoms with E-state index in [9.17, 15) is 41.0 Å². The highest BCUT2D eigenvalue weighted by molar-refractivity contribution is 6.30. The number of aliphatic hydroxyl groups is 1. The lowest BCUT2D eigenvalue weighted by atomic mass is 10.2. The van der Waals surface area contributed by atoms with Crippen LogP contribution in [0.2, 0.25) is 5.02 Å². The lowest BCUT2D eigenvalue weighted by molar-refractivity contribution is -0.207. The van der Waals surface area contributed by atoms with E-state index in [1.54, 1.807) is 5.32 Å². The van der Waals surface area contributed by atoms with Gasteiger partial charge < -0.3 is 15.7 Å². The van der Waals surface area contributed by atoms with Crippen molar-refractivity contribution < 1.29 is 36.2 Å². The first-order valence-electron chi connectivity index (χ1n) is 11.4. The minimum atomic E-state index is -5.00. The van der Waals surface area contributed by atoms with Gasteiger partial charge in [0.05, 0.1) is 12.2 Å². The highest BCUT2D eigenvalue weighted by Crippen LogP contribution is 2.24. The van der Waals surface area contributed by atoms with Crippen LogP contribution in [0.25, 0.3) is 17.2 Å². The number of aromatic nitrogens is 7. The summed E-state index contributed by atoms with van der Waals surface area (Å²) in [6.45, 7) is -3.13. The highest BCUT2D eigenvalue weighted by Gasteiger charge is 2.39. The first-order valence-corrected chi connectivity index (χ1v) is 11.7. The van der Waals surface area contributed by atoms with Crippen molar-refractivity contribution in [1.82, 2.24) is 39.4 Å². The molecule has 3 N–H and O–H groups in total. The number of anilines is 1. The lowest BCUT2D eigenvalue weighted by Crippen LogP contribution is -2.37. The largest absolute Gasteiger partial charge is 0.416 e. The zero-order chi connectivity index (χ0) is 29.9. The molecule has 0 aliphatic heterocycles. The van der Waals surface area contributed by atoms with Gasteiger partial charge in [-0.05, 0) is 36.4 Å². The van der Waals surface area contributed by atoms with E-state index in [4.69, 9.17) is 11.6 Å². The van der Waals surface area contributed by atoms with Crippen LogP contribution in [0.4, 0.5) is 36.8 Å². The highest BCUT2D eigenvalue weighted by atomic mass is 35.5. The van der Waals surface area contributed by atoms with E-state index in [0.717, 1.165) is 15.7 Å². The quantitative estimate of drug-likeness (QED) is 0.262. The predicted octanol–water partition coefficient (Wildman–Crippen LogP) is 3.00. The standard InChI is InChI=1S/C22H18ClF6N9O3/c23-13-5-3-12(4-6-13)17-35-37(20(41)36(17)8-15(39)22(27,28)29)9-16-32-11-38(34-16)18-14(2-1-7-30-18)33-19(40)31-10-21(24,25)26/h1-7,11,15,39H,8-10H2,(H2,31,33,40)/t15-/m0/s1. The van der Waals surface area contributed by atoms with E-state index in [1.165, 1.54) is 42.6 Å². The number of rotatable bonds is 8. The number of amides is 2. The molecule has 0 saturated carbocycles. The van der Waals surface area contributed by atoms with Gasteiger partial charge in [-0.25, -0.2) is 28.9 Å². The Bertz CT molecular complexity index is 1580. The molecule has 0 fully saturated rings. The summed E-state index contributed by atoms with van der Waals surface area (Å²) in [5.74, 6) is -0.286. The normalized spacial score (nSPS) is 12.8. The number of urea groups is 1.